The third-order valence-corrected chi connectivity index (χ3v) is 6.14. The smallest absolute Gasteiger partial charge is 0.202 e. The van der Waals surface area contributed by atoms with Gasteiger partial charge in [-0.25, -0.2) is 8.42 Å². The van der Waals surface area contributed by atoms with Gasteiger partial charge >= 0.3 is 0 Å². The summed E-state index contributed by atoms with van der Waals surface area (Å²) in [6.07, 6.45) is 3.56. The van der Waals surface area contributed by atoms with Gasteiger partial charge in [-0.05, 0) is 37.0 Å². The quantitative estimate of drug-likeness (QED) is 0.840. The van der Waals surface area contributed by atoms with Crippen LogP contribution in [0.5, 0.6) is 0 Å². The normalized spacial score (nSPS) is 24.6. The number of hydroxylamine groups is 2. The molecule has 2 aliphatic rings. The molecule has 3 rings (SSSR count). The number of sulfone groups is 1. The Balaban J connectivity index is 2.09. The molecule has 0 bridgehead atoms. The van der Waals surface area contributed by atoms with Crippen molar-refractivity contribution in [3.05, 3.63) is 40.8 Å². The number of allylic oxidation sites excluding steroid dienone is 1. The standard InChI is InChI=1S/C15H19NO3S/c1-16-14-9-5-6-10-15(13(14)11-19-16)20(17,18)12-7-3-2-4-8-12/h2-4,7-8,14H,5-6,9-11H2,1H3. The van der Waals surface area contributed by atoms with Gasteiger partial charge in [0.15, 0.2) is 0 Å². The minimum atomic E-state index is -3.39. The first-order chi connectivity index (χ1) is 9.60. The molecular weight excluding hydrogens is 274 g/mol. The summed E-state index contributed by atoms with van der Waals surface area (Å²) >= 11 is 0. The average molecular weight is 293 g/mol. The van der Waals surface area contributed by atoms with Crippen molar-refractivity contribution >= 4 is 9.84 Å². The third-order valence-electron chi connectivity index (χ3n) is 4.13. The number of likely N-dealkylation sites (N-methyl/N-ethyl adjacent to an activating group) is 1. The zero-order valence-electron chi connectivity index (χ0n) is 11.6. The van der Waals surface area contributed by atoms with Gasteiger partial charge in [-0.3, -0.25) is 4.84 Å². The number of benzene rings is 1. The van der Waals surface area contributed by atoms with E-state index >= 15 is 0 Å². The van der Waals surface area contributed by atoms with Gasteiger partial charge in [-0.15, -0.1) is 0 Å². The van der Waals surface area contributed by atoms with E-state index in [-0.39, 0.29) is 6.04 Å². The van der Waals surface area contributed by atoms with Crippen LogP contribution in [0, 0.1) is 0 Å². The number of hydrogen-bond acceptors (Lipinski definition) is 4. The first-order valence-corrected chi connectivity index (χ1v) is 8.47. The molecule has 4 nitrogen and oxygen atoms in total. The second kappa shape index (κ2) is 5.31. The van der Waals surface area contributed by atoms with E-state index in [0.717, 1.165) is 24.8 Å². The first-order valence-electron chi connectivity index (χ1n) is 6.98. The van der Waals surface area contributed by atoms with Gasteiger partial charge in [-0.2, -0.15) is 5.06 Å². The maximum absolute atomic E-state index is 12.9. The summed E-state index contributed by atoms with van der Waals surface area (Å²) in [4.78, 5) is 6.49. The van der Waals surface area contributed by atoms with Crippen molar-refractivity contribution in [2.75, 3.05) is 13.7 Å². The maximum Gasteiger partial charge on any atom is 0.202 e. The van der Waals surface area contributed by atoms with E-state index in [0.29, 0.717) is 22.8 Å². The predicted molar refractivity (Wildman–Crippen MR) is 76.6 cm³/mol. The molecule has 1 aliphatic carbocycles. The van der Waals surface area contributed by atoms with E-state index in [2.05, 4.69) is 0 Å². The zero-order valence-corrected chi connectivity index (χ0v) is 12.4. The Hall–Kier alpha value is -1.17. The molecule has 0 aromatic heterocycles. The zero-order chi connectivity index (χ0) is 14.2. The van der Waals surface area contributed by atoms with E-state index in [9.17, 15) is 8.42 Å². The van der Waals surface area contributed by atoms with E-state index in [4.69, 9.17) is 4.84 Å². The highest BCUT2D eigenvalue weighted by atomic mass is 32.2. The number of rotatable bonds is 2. The molecule has 1 atom stereocenters. The number of hydrogen-bond donors (Lipinski definition) is 0. The molecule has 1 heterocycles. The van der Waals surface area contributed by atoms with Crippen molar-refractivity contribution in [2.45, 2.75) is 36.6 Å². The summed E-state index contributed by atoms with van der Waals surface area (Å²) in [6, 6.07) is 8.82. The van der Waals surface area contributed by atoms with E-state index < -0.39 is 9.84 Å². The highest BCUT2D eigenvalue weighted by Gasteiger charge is 2.36. The molecule has 0 saturated carbocycles. The predicted octanol–water partition coefficient (Wildman–Crippen LogP) is 2.53. The van der Waals surface area contributed by atoms with Crippen LogP contribution in [0.3, 0.4) is 0 Å². The lowest BCUT2D eigenvalue weighted by Gasteiger charge is -2.17. The van der Waals surface area contributed by atoms with Crippen LogP contribution < -0.4 is 0 Å². The van der Waals surface area contributed by atoms with Gasteiger partial charge < -0.3 is 0 Å². The molecule has 0 N–H and O–H groups in total. The summed E-state index contributed by atoms with van der Waals surface area (Å²) in [6.45, 7) is 0.405. The average Bonchev–Trinajstić information content (AvgIpc) is 2.69. The van der Waals surface area contributed by atoms with Crippen molar-refractivity contribution in [3.8, 4) is 0 Å². The monoisotopic (exact) mass is 293 g/mol. The fourth-order valence-electron chi connectivity index (χ4n) is 3.03. The second-order valence-corrected chi connectivity index (χ2v) is 7.32. The van der Waals surface area contributed by atoms with Crippen molar-refractivity contribution in [1.82, 2.24) is 5.06 Å². The first kappa shape index (κ1) is 13.8. The van der Waals surface area contributed by atoms with Crippen LogP contribution in [0.25, 0.3) is 0 Å². The molecule has 0 spiro atoms. The SMILES string of the molecule is CN1OCC2=C(S(=O)(=O)c3ccccc3)CCCCC21. The summed E-state index contributed by atoms with van der Waals surface area (Å²) in [5, 5.41) is 1.81. The minimum Gasteiger partial charge on any atom is -0.294 e. The van der Waals surface area contributed by atoms with Crippen molar-refractivity contribution < 1.29 is 13.3 Å². The van der Waals surface area contributed by atoms with E-state index in [1.807, 2.05) is 13.1 Å². The van der Waals surface area contributed by atoms with Crippen molar-refractivity contribution in [1.29, 1.82) is 0 Å². The Kier molecular flexibility index (Phi) is 3.67. The topological polar surface area (TPSA) is 46.6 Å². The Morgan fingerprint density at radius 1 is 1.20 bits per heavy atom. The summed E-state index contributed by atoms with van der Waals surface area (Å²) in [5.74, 6) is 0. The van der Waals surface area contributed by atoms with Gasteiger partial charge in [0.25, 0.3) is 0 Å². The van der Waals surface area contributed by atoms with Gasteiger partial charge in [0.2, 0.25) is 9.84 Å². The molecule has 20 heavy (non-hydrogen) atoms. The molecule has 0 radical (unpaired) electrons. The Bertz CT molecular complexity index is 622. The maximum atomic E-state index is 12.9. The Morgan fingerprint density at radius 2 is 1.95 bits per heavy atom. The fourth-order valence-corrected chi connectivity index (χ4v) is 4.79. The van der Waals surface area contributed by atoms with E-state index in [1.165, 1.54) is 0 Å². The summed E-state index contributed by atoms with van der Waals surface area (Å²) in [5.41, 5.74) is 0.953. The lowest BCUT2D eigenvalue weighted by molar-refractivity contribution is -0.110. The van der Waals surface area contributed by atoms with Crippen LogP contribution in [0.1, 0.15) is 25.7 Å². The molecule has 1 aromatic carbocycles. The molecule has 1 aliphatic heterocycles. The number of fused-ring (bicyclic) bond motifs is 1. The molecule has 0 amide bonds. The highest BCUT2D eigenvalue weighted by Crippen LogP contribution is 2.36. The van der Waals surface area contributed by atoms with Crippen LogP contribution in [0.15, 0.2) is 45.7 Å². The lowest BCUT2D eigenvalue weighted by Crippen LogP contribution is -2.25. The second-order valence-electron chi connectivity index (χ2n) is 5.35. The molecule has 1 unspecified atom stereocenters. The largest absolute Gasteiger partial charge is 0.294 e. The van der Waals surface area contributed by atoms with Crippen LogP contribution in [-0.4, -0.2) is 33.2 Å². The Morgan fingerprint density at radius 3 is 2.70 bits per heavy atom. The van der Waals surface area contributed by atoms with Gasteiger partial charge in [-0.1, -0.05) is 24.6 Å². The third kappa shape index (κ3) is 2.30. The highest BCUT2D eigenvalue weighted by molar-refractivity contribution is 7.95. The molecule has 1 fully saturated rings. The minimum absolute atomic E-state index is 0.117. The molecular formula is C15H19NO3S. The van der Waals surface area contributed by atoms with E-state index in [1.54, 1.807) is 29.3 Å². The number of nitrogens with zero attached hydrogens (tertiary/aromatic N) is 1. The summed E-state index contributed by atoms with van der Waals surface area (Å²) < 4.78 is 25.7. The molecule has 1 saturated heterocycles. The lowest BCUT2D eigenvalue weighted by atomic mass is 10.1. The van der Waals surface area contributed by atoms with Crippen molar-refractivity contribution in [3.63, 3.8) is 0 Å². The fraction of sp³-hybridized carbons (Fsp3) is 0.467. The molecule has 108 valence electrons. The summed E-state index contributed by atoms with van der Waals surface area (Å²) in [7, 11) is -1.51. The molecule has 1 aromatic rings. The van der Waals surface area contributed by atoms with Gasteiger partial charge in [0, 0.05) is 7.05 Å². The van der Waals surface area contributed by atoms with Crippen molar-refractivity contribution in [2.24, 2.45) is 0 Å². The van der Waals surface area contributed by atoms with Crippen LogP contribution >= 0.6 is 0 Å². The Labute approximate surface area is 119 Å². The van der Waals surface area contributed by atoms with Crippen LogP contribution in [0.4, 0.5) is 0 Å². The molecule has 5 heteroatoms. The van der Waals surface area contributed by atoms with Crippen LogP contribution in [0.2, 0.25) is 0 Å². The van der Waals surface area contributed by atoms with Crippen LogP contribution in [-0.2, 0) is 14.7 Å². The van der Waals surface area contributed by atoms with Gasteiger partial charge in [0.05, 0.1) is 22.4 Å². The van der Waals surface area contributed by atoms with Gasteiger partial charge in [0.1, 0.15) is 0 Å².